The molecule has 0 saturated carbocycles. The fourth-order valence-electron chi connectivity index (χ4n) is 0.0873. The van der Waals surface area contributed by atoms with Gasteiger partial charge in [0.25, 0.3) is 0 Å². The van der Waals surface area contributed by atoms with Gasteiger partial charge in [0.2, 0.25) is 0 Å². The third-order valence-electron chi connectivity index (χ3n) is 0.728. The lowest BCUT2D eigenvalue weighted by atomic mass is 10.2. The summed E-state index contributed by atoms with van der Waals surface area (Å²) < 4.78 is 0. The molecule has 1 unspecified atom stereocenters. The van der Waals surface area contributed by atoms with E-state index < -0.39 is 11.9 Å². The molecule has 0 saturated heterocycles. The minimum absolute atomic E-state index is 0.0324. The molecule has 3 heteroatoms. The van der Waals surface area contributed by atoms with Crippen molar-refractivity contribution in [2.75, 3.05) is 6.54 Å². The third kappa shape index (κ3) is 2.17. The first-order chi connectivity index (χ1) is 3.18. The van der Waals surface area contributed by atoms with Crippen molar-refractivity contribution in [1.82, 2.24) is 5.73 Å². The highest BCUT2D eigenvalue weighted by atomic mass is 16.4. The van der Waals surface area contributed by atoms with E-state index in [1.165, 1.54) is 6.92 Å². The average molecular weight is 102 g/mol. The van der Waals surface area contributed by atoms with Crippen LogP contribution in [0.4, 0.5) is 0 Å². The van der Waals surface area contributed by atoms with E-state index in [1.807, 2.05) is 0 Å². The highest BCUT2D eigenvalue weighted by molar-refractivity contribution is 5.69. The van der Waals surface area contributed by atoms with Crippen LogP contribution in [0.1, 0.15) is 6.92 Å². The largest absolute Gasteiger partial charge is 0.481 e. The van der Waals surface area contributed by atoms with Crippen molar-refractivity contribution in [2.45, 2.75) is 6.92 Å². The predicted octanol–water partition coefficient (Wildman–Crippen LogP) is -0.0100. The minimum Gasteiger partial charge on any atom is -0.481 e. The molecule has 0 aliphatic heterocycles. The summed E-state index contributed by atoms with van der Waals surface area (Å²) >= 11 is 0. The number of carbonyl (C=O) groups is 1. The number of carboxylic acids is 1. The average Bonchev–Trinajstić information content (AvgIpc) is 1.65. The Hall–Kier alpha value is -0.570. The molecule has 7 heavy (non-hydrogen) atoms. The fourth-order valence-corrected chi connectivity index (χ4v) is 0.0873. The van der Waals surface area contributed by atoms with Gasteiger partial charge in [-0.15, -0.1) is 0 Å². The second kappa shape index (κ2) is 2.58. The van der Waals surface area contributed by atoms with Crippen LogP contribution in [0, 0.1) is 5.92 Å². The molecule has 3 nitrogen and oxygen atoms in total. The second-order valence-corrected chi connectivity index (χ2v) is 1.44. The van der Waals surface area contributed by atoms with Crippen molar-refractivity contribution in [3.63, 3.8) is 0 Å². The number of hydrogen-bond donors (Lipinski definition) is 1. The van der Waals surface area contributed by atoms with Gasteiger partial charge in [-0.25, -0.2) is 0 Å². The van der Waals surface area contributed by atoms with Gasteiger partial charge < -0.3 is 5.11 Å². The highest BCUT2D eigenvalue weighted by Gasteiger charge is 2.05. The first-order valence-electron chi connectivity index (χ1n) is 2.06. The molecule has 0 amide bonds. The Kier molecular flexibility index (Phi) is 2.37. The molecular weight excluding hydrogens is 94.0 g/mol. The van der Waals surface area contributed by atoms with Crippen molar-refractivity contribution in [1.29, 1.82) is 0 Å². The summed E-state index contributed by atoms with van der Waals surface area (Å²) in [4.78, 5) is 9.81. The molecule has 0 aliphatic rings. The lowest BCUT2D eigenvalue weighted by molar-refractivity contribution is -0.140. The molecular formula is C4H8NO2. The molecule has 0 bridgehead atoms. The van der Waals surface area contributed by atoms with Crippen LogP contribution < -0.4 is 5.73 Å². The summed E-state index contributed by atoms with van der Waals surface area (Å²) in [5.41, 5.74) is 6.56. The Bertz CT molecular complexity index is 72.1. The highest BCUT2D eigenvalue weighted by Crippen LogP contribution is 1.88. The second-order valence-electron chi connectivity index (χ2n) is 1.44. The SMILES string of the molecule is CC(C[NH])C(=O)O. The molecule has 0 fully saturated rings. The molecule has 1 radical (unpaired) electrons. The maximum atomic E-state index is 9.81. The Morgan fingerprint density at radius 3 is 2.43 bits per heavy atom. The van der Waals surface area contributed by atoms with Crippen LogP contribution in [-0.4, -0.2) is 17.6 Å². The van der Waals surface area contributed by atoms with Crippen molar-refractivity contribution in [3.05, 3.63) is 0 Å². The van der Waals surface area contributed by atoms with Crippen molar-refractivity contribution in [3.8, 4) is 0 Å². The van der Waals surface area contributed by atoms with E-state index in [0.717, 1.165) is 0 Å². The van der Waals surface area contributed by atoms with E-state index in [4.69, 9.17) is 10.8 Å². The van der Waals surface area contributed by atoms with E-state index in [2.05, 4.69) is 0 Å². The number of aliphatic carboxylic acids is 1. The monoisotopic (exact) mass is 102 g/mol. The maximum Gasteiger partial charge on any atom is 0.307 e. The van der Waals surface area contributed by atoms with Gasteiger partial charge in [0.1, 0.15) is 0 Å². The number of rotatable bonds is 2. The van der Waals surface area contributed by atoms with Crippen LogP contribution in [0.3, 0.4) is 0 Å². The predicted molar refractivity (Wildman–Crippen MR) is 24.8 cm³/mol. The van der Waals surface area contributed by atoms with Crippen molar-refractivity contribution in [2.24, 2.45) is 5.92 Å². The van der Waals surface area contributed by atoms with Crippen LogP contribution in [0.25, 0.3) is 0 Å². The minimum atomic E-state index is -0.894. The lowest BCUT2D eigenvalue weighted by Gasteiger charge is -1.95. The Morgan fingerprint density at radius 2 is 2.43 bits per heavy atom. The standard InChI is InChI=1S/C4H8NO2/c1-3(2-5)4(6)7/h3,5H,2H2,1H3,(H,6,7). The summed E-state index contributed by atoms with van der Waals surface area (Å²) in [6.45, 7) is 1.48. The van der Waals surface area contributed by atoms with Gasteiger partial charge in [0, 0.05) is 6.54 Å². The smallest absolute Gasteiger partial charge is 0.307 e. The van der Waals surface area contributed by atoms with Crippen LogP contribution in [0.15, 0.2) is 0 Å². The molecule has 0 aromatic carbocycles. The van der Waals surface area contributed by atoms with Crippen LogP contribution in [0.2, 0.25) is 0 Å². The molecule has 0 aromatic heterocycles. The van der Waals surface area contributed by atoms with Crippen LogP contribution in [0.5, 0.6) is 0 Å². The van der Waals surface area contributed by atoms with Gasteiger partial charge in [-0.1, -0.05) is 6.92 Å². The lowest BCUT2D eigenvalue weighted by Crippen LogP contribution is -2.13. The van der Waals surface area contributed by atoms with Crippen LogP contribution in [-0.2, 0) is 4.79 Å². The summed E-state index contributed by atoms with van der Waals surface area (Å²) in [5.74, 6) is -1.41. The fraction of sp³-hybridized carbons (Fsp3) is 0.750. The summed E-state index contributed by atoms with van der Waals surface area (Å²) in [7, 11) is 0. The number of nitrogens with one attached hydrogen (secondary N) is 1. The van der Waals surface area contributed by atoms with Gasteiger partial charge in [0.15, 0.2) is 0 Å². The molecule has 2 N–H and O–H groups in total. The summed E-state index contributed by atoms with van der Waals surface area (Å²) in [6.07, 6.45) is 0. The van der Waals surface area contributed by atoms with Gasteiger partial charge in [-0.2, -0.15) is 0 Å². The van der Waals surface area contributed by atoms with E-state index in [1.54, 1.807) is 0 Å². The van der Waals surface area contributed by atoms with Gasteiger partial charge >= 0.3 is 5.97 Å². The maximum absolute atomic E-state index is 9.81. The molecule has 0 spiro atoms. The molecule has 0 heterocycles. The molecule has 1 atom stereocenters. The molecule has 41 valence electrons. The van der Waals surface area contributed by atoms with Crippen LogP contribution >= 0.6 is 0 Å². The quantitative estimate of drug-likeness (QED) is 0.533. The van der Waals surface area contributed by atoms with Crippen molar-refractivity contribution < 1.29 is 9.90 Å². The zero-order valence-electron chi connectivity index (χ0n) is 4.14. The van der Waals surface area contributed by atoms with E-state index in [-0.39, 0.29) is 6.54 Å². The Balaban J connectivity index is 3.34. The van der Waals surface area contributed by atoms with Gasteiger partial charge in [-0.05, 0) is 0 Å². The topological polar surface area (TPSA) is 61.1 Å². The molecule has 0 aromatic rings. The van der Waals surface area contributed by atoms with Gasteiger partial charge in [-0.3, -0.25) is 10.5 Å². The summed E-state index contributed by atoms with van der Waals surface area (Å²) in [5, 5.41) is 8.06. The number of carboxylic acid groups (broad SMARTS) is 1. The van der Waals surface area contributed by atoms with E-state index >= 15 is 0 Å². The zero-order chi connectivity index (χ0) is 5.86. The van der Waals surface area contributed by atoms with E-state index in [0.29, 0.717) is 0 Å². The first kappa shape index (κ1) is 6.43. The Labute approximate surface area is 42.1 Å². The number of hydrogen-bond acceptors (Lipinski definition) is 1. The summed E-state index contributed by atoms with van der Waals surface area (Å²) in [6, 6.07) is 0. The normalized spacial score (nSPS) is 13.4. The first-order valence-corrected chi connectivity index (χ1v) is 2.06. The Morgan fingerprint density at radius 1 is 2.00 bits per heavy atom. The third-order valence-corrected chi connectivity index (χ3v) is 0.728. The zero-order valence-corrected chi connectivity index (χ0v) is 4.14. The van der Waals surface area contributed by atoms with Crippen molar-refractivity contribution >= 4 is 5.97 Å². The van der Waals surface area contributed by atoms with Gasteiger partial charge in [0.05, 0.1) is 5.92 Å². The molecule has 0 aliphatic carbocycles. The van der Waals surface area contributed by atoms with E-state index in [9.17, 15) is 4.79 Å². The molecule has 0 rings (SSSR count).